The SMILES string of the molecule is CC(C)OCC(=O)NCc1cccnc1. The molecule has 0 aromatic carbocycles. The molecule has 0 saturated heterocycles. The molecule has 0 fully saturated rings. The standard InChI is InChI=1S/C11H16N2O2/c1-9(2)15-8-11(14)13-7-10-4-3-5-12-6-10/h3-6,9H,7-8H2,1-2H3,(H,13,14). The Hall–Kier alpha value is -1.42. The van der Waals surface area contributed by atoms with Gasteiger partial charge in [-0.2, -0.15) is 0 Å². The molecule has 1 rings (SSSR count). The molecule has 15 heavy (non-hydrogen) atoms. The van der Waals surface area contributed by atoms with Gasteiger partial charge < -0.3 is 10.1 Å². The second kappa shape index (κ2) is 6.14. The summed E-state index contributed by atoms with van der Waals surface area (Å²) in [6, 6.07) is 3.75. The van der Waals surface area contributed by atoms with Crippen molar-refractivity contribution in [1.82, 2.24) is 10.3 Å². The third-order valence-electron chi connectivity index (χ3n) is 1.76. The molecule has 1 heterocycles. The summed E-state index contributed by atoms with van der Waals surface area (Å²) >= 11 is 0. The second-order valence-corrected chi connectivity index (χ2v) is 3.50. The summed E-state index contributed by atoms with van der Waals surface area (Å²) in [5.74, 6) is -0.104. The molecule has 1 amide bonds. The molecule has 1 aromatic heterocycles. The highest BCUT2D eigenvalue weighted by Crippen LogP contribution is 1.94. The summed E-state index contributed by atoms with van der Waals surface area (Å²) in [4.78, 5) is 15.2. The van der Waals surface area contributed by atoms with Gasteiger partial charge in [0.1, 0.15) is 6.61 Å². The van der Waals surface area contributed by atoms with Crippen LogP contribution in [-0.2, 0) is 16.1 Å². The van der Waals surface area contributed by atoms with Gasteiger partial charge in [0, 0.05) is 18.9 Å². The summed E-state index contributed by atoms with van der Waals surface area (Å²) in [6.45, 7) is 4.40. The van der Waals surface area contributed by atoms with E-state index in [0.29, 0.717) is 6.54 Å². The normalized spacial score (nSPS) is 10.3. The number of hydrogen-bond donors (Lipinski definition) is 1. The average molecular weight is 208 g/mol. The minimum absolute atomic E-state index is 0.0779. The van der Waals surface area contributed by atoms with Crippen molar-refractivity contribution in [2.45, 2.75) is 26.5 Å². The van der Waals surface area contributed by atoms with E-state index in [9.17, 15) is 4.79 Å². The van der Waals surface area contributed by atoms with Crippen LogP contribution in [0.5, 0.6) is 0 Å². The van der Waals surface area contributed by atoms with E-state index in [1.807, 2.05) is 26.0 Å². The molecule has 0 radical (unpaired) electrons. The van der Waals surface area contributed by atoms with Crippen molar-refractivity contribution in [3.05, 3.63) is 30.1 Å². The number of pyridine rings is 1. The van der Waals surface area contributed by atoms with Crippen LogP contribution in [0.15, 0.2) is 24.5 Å². The van der Waals surface area contributed by atoms with Crippen LogP contribution in [0.2, 0.25) is 0 Å². The van der Waals surface area contributed by atoms with Crippen LogP contribution in [0, 0.1) is 0 Å². The number of ether oxygens (including phenoxy) is 1. The van der Waals surface area contributed by atoms with Gasteiger partial charge in [-0.25, -0.2) is 0 Å². The van der Waals surface area contributed by atoms with Gasteiger partial charge in [0.2, 0.25) is 5.91 Å². The predicted octanol–water partition coefficient (Wildman–Crippen LogP) is 1.12. The van der Waals surface area contributed by atoms with Crippen molar-refractivity contribution in [3.63, 3.8) is 0 Å². The average Bonchev–Trinajstić information content (AvgIpc) is 2.25. The summed E-state index contributed by atoms with van der Waals surface area (Å²) in [5.41, 5.74) is 0.982. The molecule has 0 bridgehead atoms. The highest BCUT2D eigenvalue weighted by molar-refractivity contribution is 5.77. The first kappa shape index (κ1) is 11.7. The zero-order chi connectivity index (χ0) is 11.1. The van der Waals surface area contributed by atoms with Crippen LogP contribution in [0.3, 0.4) is 0 Å². The largest absolute Gasteiger partial charge is 0.369 e. The Balaban J connectivity index is 2.23. The minimum atomic E-state index is -0.104. The third-order valence-corrected chi connectivity index (χ3v) is 1.76. The van der Waals surface area contributed by atoms with E-state index in [4.69, 9.17) is 4.74 Å². The molecule has 1 N–H and O–H groups in total. The Labute approximate surface area is 89.7 Å². The van der Waals surface area contributed by atoms with E-state index in [2.05, 4.69) is 10.3 Å². The van der Waals surface area contributed by atoms with Gasteiger partial charge in [-0.15, -0.1) is 0 Å². The van der Waals surface area contributed by atoms with Crippen molar-refractivity contribution in [2.75, 3.05) is 6.61 Å². The molecule has 0 aliphatic carbocycles. The highest BCUT2D eigenvalue weighted by atomic mass is 16.5. The van der Waals surface area contributed by atoms with Crippen LogP contribution >= 0.6 is 0 Å². The van der Waals surface area contributed by atoms with Crippen LogP contribution < -0.4 is 5.32 Å². The lowest BCUT2D eigenvalue weighted by Gasteiger charge is -2.08. The monoisotopic (exact) mass is 208 g/mol. The van der Waals surface area contributed by atoms with Gasteiger partial charge >= 0.3 is 0 Å². The fourth-order valence-electron chi connectivity index (χ4n) is 0.997. The molecule has 4 nitrogen and oxygen atoms in total. The van der Waals surface area contributed by atoms with Crippen molar-refractivity contribution in [1.29, 1.82) is 0 Å². The summed E-state index contributed by atoms with van der Waals surface area (Å²) < 4.78 is 5.16. The smallest absolute Gasteiger partial charge is 0.246 e. The molecule has 0 aliphatic rings. The van der Waals surface area contributed by atoms with Crippen molar-refractivity contribution >= 4 is 5.91 Å². The maximum atomic E-state index is 11.3. The molecular formula is C11H16N2O2. The molecule has 0 aliphatic heterocycles. The zero-order valence-corrected chi connectivity index (χ0v) is 9.06. The lowest BCUT2D eigenvalue weighted by atomic mass is 10.3. The number of rotatable bonds is 5. The van der Waals surface area contributed by atoms with E-state index >= 15 is 0 Å². The number of carbonyl (C=O) groups is 1. The quantitative estimate of drug-likeness (QED) is 0.789. The number of carbonyl (C=O) groups excluding carboxylic acids is 1. The Morgan fingerprint density at radius 1 is 1.60 bits per heavy atom. The van der Waals surface area contributed by atoms with E-state index in [1.165, 1.54) is 0 Å². The molecular weight excluding hydrogens is 192 g/mol. The Morgan fingerprint density at radius 2 is 2.40 bits per heavy atom. The number of aromatic nitrogens is 1. The van der Waals surface area contributed by atoms with Crippen LogP contribution in [0.1, 0.15) is 19.4 Å². The summed E-state index contributed by atoms with van der Waals surface area (Å²) in [5, 5.41) is 2.75. The van der Waals surface area contributed by atoms with E-state index < -0.39 is 0 Å². The van der Waals surface area contributed by atoms with Crippen molar-refractivity contribution < 1.29 is 9.53 Å². The number of hydrogen-bond acceptors (Lipinski definition) is 3. The van der Waals surface area contributed by atoms with Gasteiger partial charge in [0.15, 0.2) is 0 Å². The van der Waals surface area contributed by atoms with Crippen molar-refractivity contribution in [2.24, 2.45) is 0 Å². The third kappa shape index (κ3) is 5.12. The molecule has 0 saturated carbocycles. The number of amides is 1. The van der Waals surface area contributed by atoms with Gasteiger partial charge in [-0.1, -0.05) is 6.07 Å². The highest BCUT2D eigenvalue weighted by Gasteiger charge is 2.02. The van der Waals surface area contributed by atoms with Gasteiger partial charge in [-0.05, 0) is 25.5 Å². The van der Waals surface area contributed by atoms with Gasteiger partial charge in [-0.3, -0.25) is 9.78 Å². The lowest BCUT2D eigenvalue weighted by molar-refractivity contribution is -0.127. The fourth-order valence-corrected chi connectivity index (χ4v) is 0.997. The molecule has 0 unspecified atom stereocenters. The Morgan fingerprint density at radius 3 is 3.00 bits per heavy atom. The van der Waals surface area contributed by atoms with Crippen molar-refractivity contribution in [3.8, 4) is 0 Å². The van der Waals surface area contributed by atoms with E-state index in [-0.39, 0.29) is 18.6 Å². The minimum Gasteiger partial charge on any atom is -0.369 e. The topological polar surface area (TPSA) is 51.2 Å². The Bertz CT molecular complexity index is 299. The van der Waals surface area contributed by atoms with E-state index in [1.54, 1.807) is 12.4 Å². The fraction of sp³-hybridized carbons (Fsp3) is 0.455. The molecule has 1 aromatic rings. The molecule has 0 spiro atoms. The zero-order valence-electron chi connectivity index (χ0n) is 9.06. The van der Waals surface area contributed by atoms with Gasteiger partial charge in [0.25, 0.3) is 0 Å². The Kier molecular flexibility index (Phi) is 4.77. The first-order chi connectivity index (χ1) is 7.18. The van der Waals surface area contributed by atoms with Crippen LogP contribution in [0.4, 0.5) is 0 Å². The number of nitrogens with zero attached hydrogens (tertiary/aromatic N) is 1. The predicted molar refractivity (Wildman–Crippen MR) is 57.2 cm³/mol. The van der Waals surface area contributed by atoms with Crippen LogP contribution in [0.25, 0.3) is 0 Å². The van der Waals surface area contributed by atoms with Gasteiger partial charge in [0.05, 0.1) is 6.10 Å². The molecule has 82 valence electrons. The summed E-state index contributed by atoms with van der Waals surface area (Å²) in [6.07, 6.45) is 3.51. The maximum Gasteiger partial charge on any atom is 0.246 e. The maximum absolute atomic E-state index is 11.3. The second-order valence-electron chi connectivity index (χ2n) is 3.50. The molecule has 0 atom stereocenters. The lowest BCUT2D eigenvalue weighted by Crippen LogP contribution is -2.28. The van der Waals surface area contributed by atoms with Crippen LogP contribution in [-0.4, -0.2) is 23.6 Å². The first-order valence-corrected chi connectivity index (χ1v) is 4.95. The van der Waals surface area contributed by atoms with E-state index in [0.717, 1.165) is 5.56 Å². The first-order valence-electron chi connectivity index (χ1n) is 4.95. The summed E-state index contributed by atoms with van der Waals surface area (Å²) in [7, 11) is 0. The number of nitrogens with one attached hydrogen (secondary N) is 1. The molecule has 4 heteroatoms.